The van der Waals surface area contributed by atoms with Gasteiger partial charge in [-0.3, -0.25) is 9.59 Å². The molecule has 2 aromatic heterocycles. The number of imidazole rings is 1. The second kappa shape index (κ2) is 6.80. The Bertz CT molecular complexity index is 1090. The Morgan fingerprint density at radius 3 is 2.89 bits per heavy atom. The van der Waals surface area contributed by atoms with E-state index in [-0.39, 0.29) is 18.0 Å². The Labute approximate surface area is 157 Å². The standard InChI is InChI=1S/C17H15FN6O2S/c18-9-5-11(15-12(6-9)22-17(27)23-15)16(26)21-10-1-2-13(20-7-10)24-4-3-19-14(25)8-24/h1-2,5-7H,3-4,8H2,(H,19,25)(H,21,26)(H2,22,23,27). The SMILES string of the molecule is O=C1CN(c2ccc(NC(=O)c3cc(F)cc4[nH]c(=S)[nH]c34)cn2)CCN1. The van der Waals surface area contributed by atoms with Crippen molar-refractivity contribution in [1.29, 1.82) is 0 Å². The van der Waals surface area contributed by atoms with E-state index in [1.807, 2.05) is 4.90 Å². The molecular formula is C17H15FN6O2S. The second-order valence-corrected chi connectivity index (χ2v) is 6.49. The van der Waals surface area contributed by atoms with Gasteiger partial charge in [0, 0.05) is 13.1 Å². The maximum absolute atomic E-state index is 13.8. The Morgan fingerprint density at radius 1 is 1.30 bits per heavy atom. The maximum atomic E-state index is 13.8. The van der Waals surface area contributed by atoms with Crippen molar-refractivity contribution in [2.24, 2.45) is 0 Å². The number of nitrogens with one attached hydrogen (secondary N) is 4. The van der Waals surface area contributed by atoms with Crippen molar-refractivity contribution in [2.75, 3.05) is 29.9 Å². The van der Waals surface area contributed by atoms with Crippen molar-refractivity contribution in [3.05, 3.63) is 46.6 Å². The van der Waals surface area contributed by atoms with E-state index in [0.717, 1.165) is 6.07 Å². The number of carbonyl (C=O) groups excluding carboxylic acids is 2. The van der Waals surface area contributed by atoms with Crippen molar-refractivity contribution >= 4 is 46.6 Å². The van der Waals surface area contributed by atoms with Gasteiger partial charge in [0.05, 0.1) is 35.0 Å². The molecule has 0 radical (unpaired) electrons. The normalized spacial score (nSPS) is 14.3. The van der Waals surface area contributed by atoms with Crippen LogP contribution in [0.3, 0.4) is 0 Å². The van der Waals surface area contributed by atoms with E-state index in [9.17, 15) is 14.0 Å². The first-order chi connectivity index (χ1) is 13.0. The predicted molar refractivity (Wildman–Crippen MR) is 101 cm³/mol. The van der Waals surface area contributed by atoms with Crippen molar-refractivity contribution in [1.82, 2.24) is 20.3 Å². The summed E-state index contributed by atoms with van der Waals surface area (Å²) in [5, 5.41) is 5.44. The van der Waals surface area contributed by atoms with Gasteiger partial charge in [-0.2, -0.15) is 0 Å². The monoisotopic (exact) mass is 386 g/mol. The summed E-state index contributed by atoms with van der Waals surface area (Å²) in [7, 11) is 0. The molecule has 27 heavy (non-hydrogen) atoms. The fourth-order valence-electron chi connectivity index (χ4n) is 2.97. The van der Waals surface area contributed by atoms with Crippen LogP contribution in [0.25, 0.3) is 11.0 Å². The van der Waals surface area contributed by atoms with Crippen molar-refractivity contribution in [3.8, 4) is 0 Å². The number of rotatable bonds is 3. The third-order valence-corrected chi connectivity index (χ3v) is 4.41. The molecule has 0 saturated carbocycles. The van der Waals surface area contributed by atoms with Crippen LogP contribution in [-0.4, -0.2) is 46.4 Å². The minimum absolute atomic E-state index is 0.0561. The number of amides is 2. The summed E-state index contributed by atoms with van der Waals surface area (Å²) in [5.41, 5.74) is 1.44. The van der Waals surface area contributed by atoms with Gasteiger partial charge in [-0.25, -0.2) is 9.37 Å². The first-order valence-corrected chi connectivity index (χ1v) is 8.61. The van der Waals surface area contributed by atoms with Gasteiger partial charge in [-0.05, 0) is 36.5 Å². The van der Waals surface area contributed by atoms with E-state index in [0.29, 0.717) is 40.4 Å². The molecule has 0 spiro atoms. The van der Waals surface area contributed by atoms with Crippen LogP contribution in [-0.2, 0) is 4.79 Å². The molecule has 10 heteroatoms. The Hall–Kier alpha value is -3.27. The van der Waals surface area contributed by atoms with E-state index >= 15 is 0 Å². The Kier molecular flexibility index (Phi) is 4.32. The molecule has 2 amide bonds. The fraction of sp³-hybridized carbons (Fsp3) is 0.176. The molecule has 1 aliphatic rings. The number of H-pyrrole nitrogens is 2. The van der Waals surface area contributed by atoms with Crippen LogP contribution in [0.2, 0.25) is 0 Å². The van der Waals surface area contributed by atoms with E-state index in [4.69, 9.17) is 12.2 Å². The smallest absolute Gasteiger partial charge is 0.258 e. The van der Waals surface area contributed by atoms with Crippen LogP contribution in [0, 0.1) is 10.6 Å². The quantitative estimate of drug-likeness (QED) is 0.515. The zero-order valence-corrected chi connectivity index (χ0v) is 14.8. The summed E-state index contributed by atoms with van der Waals surface area (Å²) < 4.78 is 14.1. The van der Waals surface area contributed by atoms with Crippen LogP contribution in [0.15, 0.2) is 30.5 Å². The fourth-order valence-corrected chi connectivity index (χ4v) is 3.18. The number of fused-ring (bicyclic) bond motifs is 1. The highest BCUT2D eigenvalue weighted by Gasteiger charge is 2.18. The number of halogens is 1. The zero-order chi connectivity index (χ0) is 19.0. The molecule has 0 unspecified atom stereocenters. The van der Waals surface area contributed by atoms with Crippen LogP contribution < -0.4 is 15.5 Å². The highest BCUT2D eigenvalue weighted by Crippen LogP contribution is 2.20. The lowest BCUT2D eigenvalue weighted by Gasteiger charge is -2.27. The molecule has 0 atom stereocenters. The van der Waals surface area contributed by atoms with Crippen LogP contribution >= 0.6 is 12.2 Å². The number of hydrogen-bond acceptors (Lipinski definition) is 5. The summed E-state index contributed by atoms with van der Waals surface area (Å²) in [6.07, 6.45) is 1.50. The van der Waals surface area contributed by atoms with Crippen molar-refractivity contribution in [3.63, 3.8) is 0 Å². The average molecular weight is 386 g/mol. The third kappa shape index (κ3) is 3.51. The van der Waals surface area contributed by atoms with Gasteiger partial charge in [0.2, 0.25) is 5.91 Å². The number of anilines is 2. The lowest BCUT2D eigenvalue weighted by atomic mass is 10.1. The van der Waals surface area contributed by atoms with Crippen molar-refractivity contribution < 1.29 is 14.0 Å². The number of nitrogens with zero attached hydrogens (tertiary/aromatic N) is 2. The minimum Gasteiger partial charge on any atom is -0.353 e. The van der Waals surface area contributed by atoms with Gasteiger partial charge >= 0.3 is 0 Å². The van der Waals surface area contributed by atoms with Crippen LogP contribution in [0.5, 0.6) is 0 Å². The zero-order valence-electron chi connectivity index (χ0n) is 14.0. The summed E-state index contributed by atoms with van der Waals surface area (Å²) in [6.45, 7) is 1.47. The largest absolute Gasteiger partial charge is 0.353 e. The maximum Gasteiger partial charge on any atom is 0.258 e. The van der Waals surface area contributed by atoms with E-state index < -0.39 is 11.7 Å². The summed E-state index contributed by atoms with van der Waals surface area (Å²) in [6, 6.07) is 5.82. The minimum atomic E-state index is -0.547. The summed E-state index contributed by atoms with van der Waals surface area (Å²) >= 11 is 5.01. The molecule has 4 rings (SSSR count). The van der Waals surface area contributed by atoms with Gasteiger partial charge in [0.1, 0.15) is 11.6 Å². The van der Waals surface area contributed by atoms with Gasteiger partial charge < -0.3 is 25.5 Å². The molecule has 3 aromatic rings. The highest BCUT2D eigenvalue weighted by atomic mass is 32.1. The Morgan fingerprint density at radius 2 is 2.15 bits per heavy atom. The molecule has 4 N–H and O–H groups in total. The van der Waals surface area contributed by atoms with E-state index in [1.165, 1.54) is 12.3 Å². The van der Waals surface area contributed by atoms with Crippen molar-refractivity contribution in [2.45, 2.75) is 0 Å². The van der Waals surface area contributed by atoms with Gasteiger partial charge in [0.15, 0.2) is 4.77 Å². The molecule has 8 nitrogen and oxygen atoms in total. The van der Waals surface area contributed by atoms with Crippen LogP contribution in [0.1, 0.15) is 10.4 Å². The third-order valence-electron chi connectivity index (χ3n) is 4.20. The number of hydrogen-bond donors (Lipinski definition) is 4. The average Bonchev–Trinajstić information content (AvgIpc) is 3.01. The molecular weight excluding hydrogens is 371 g/mol. The summed E-state index contributed by atoms with van der Waals surface area (Å²) in [4.78, 5) is 35.8. The topological polar surface area (TPSA) is 106 Å². The van der Waals surface area contributed by atoms with E-state index in [2.05, 4.69) is 25.6 Å². The molecule has 3 heterocycles. The van der Waals surface area contributed by atoms with Gasteiger partial charge in [0.25, 0.3) is 5.91 Å². The number of benzene rings is 1. The molecule has 1 aromatic carbocycles. The number of aromatic nitrogens is 3. The molecule has 1 saturated heterocycles. The first kappa shape index (κ1) is 17.2. The number of piperazine rings is 1. The molecule has 0 bridgehead atoms. The number of carbonyl (C=O) groups is 2. The molecule has 0 aliphatic carbocycles. The predicted octanol–water partition coefficient (Wildman–Crippen LogP) is 1.95. The molecule has 138 valence electrons. The second-order valence-electron chi connectivity index (χ2n) is 6.09. The van der Waals surface area contributed by atoms with Gasteiger partial charge in [-0.15, -0.1) is 0 Å². The number of pyridine rings is 1. The van der Waals surface area contributed by atoms with E-state index in [1.54, 1.807) is 12.1 Å². The summed E-state index contributed by atoms with van der Waals surface area (Å²) in [5.74, 6) is -0.448. The highest BCUT2D eigenvalue weighted by molar-refractivity contribution is 7.71. The first-order valence-electron chi connectivity index (χ1n) is 8.20. The number of aromatic amines is 2. The molecule has 1 fully saturated rings. The lowest BCUT2D eigenvalue weighted by Crippen LogP contribution is -2.48. The Balaban J connectivity index is 1.55. The lowest BCUT2D eigenvalue weighted by molar-refractivity contribution is -0.120. The van der Waals surface area contributed by atoms with Gasteiger partial charge in [-0.1, -0.05) is 0 Å². The molecule has 1 aliphatic heterocycles. The van der Waals surface area contributed by atoms with Crippen LogP contribution in [0.4, 0.5) is 15.9 Å².